The maximum atomic E-state index is 13.1. The maximum absolute atomic E-state index is 13.1. The molecule has 0 fully saturated rings. The monoisotopic (exact) mass is 472 g/mol. The second kappa shape index (κ2) is 11.0. The first-order valence-corrected chi connectivity index (χ1v) is 11.0. The fourth-order valence-electron chi connectivity index (χ4n) is 3.38. The summed E-state index contributed by atoms with van der Waals surface area (Å²) in [4.78, 5) is 13.1. The number of halogens is 1. The van der Waals surface area contributed by atoms with Crippen LogP contribution in [0.15, 0.2) is 60.7 Å². The number of carbonyl (C=O) groups is 1. The zero-order valence-electron chi connectivity index (χ0n) is 17.9. The largest absolute Gasteiger partial charge is 0.490 e. The summed E-state index contributed by atoms with van der Waals surface area (Å²) in [7, 11) is 0. The fourth-order valence-corrected chi connectivity index (χ4v) is 3.87. The number of rotatable bonds is 9. The van der Waals surface area contributed by atoms with Gasteiger partial charge in [-0.05, 0) is 49.3 Å². The van der Waals surface area contributed by atoms with E-state index in [1.54, 1.807) is 25.1 Å². The molecule has 168 valence electrons. The summed E-state index contributed by atoms with van der Waals surface area (Å²) in [5.41, 5.74) is 2.47. The number of carbonyl (C=O) groups excluding carboxylic acids is 1. The third-order valence-corrected chi connectivity index (χ3v) is 5.14. The summed E-state index contributed by atoms with van der Waals surface area (Å²) in [6.07, 6.45) is 1.63. The van der Waals surface area contributed by atoms with Crippen molar-refractivity contribution in [2.24, 2.45) is 0 Å². The Kier molecular flexibility index (Phi) is 8.14. The van der Waals surface area contributed by atoms with E-state index in [0.29, 0.717) is 45.1 Å². The summed E-state index contributed by atoms with van der Waals surface area (Å²) >= 11 is 12.0. The average molecular weight is 473 g/mol. The fraction of sp³-hybridized carbons (Fsp3) is 0.250. The molecule has 3 rings (SSSR count). The Morgan fingerprint density at radius 2 is 1.94 bits per heavy atom. The Labute approximate surface area is 198 Å². The van der Waals surface area contributed by atoms with Gasteiger partial charge >= 0.3 is 5.97 Å². The molecule has 6 nitrogen and oxygen atoms in total. The predicted molar refractivity (Wildman–Crippen MR) is 130 cm³/mol. The lowest BCUT2D eigenvalue weighted by Crippen LogP contribution is -2.45. The van der Waals surface area contributed by atoms with Gasteiger partial charge in [0, 0.05) is 0 Å². The van der Waals surface area contributed by atoms with E-state index in [1.165, 1.54) is 0 Å². The molecule has 0 saturated carbocycles. The van der Waals surface area contributed by atoms with Crippen LogP contribution in [0.1, 0.15) is 31.0 Å². The molecule has 0 aliphatic carbocycles. The van der Waals surface area contributed by atoms with Gasteiger partial charge in [-0.25, -0.2) is 4.79 Å². The summed E-state index contributed by atoms with van der Waals surface area (Å²) in [6.45, 7) is 8.23. The molecule has 0 radical (unpaired) electrons. The van der Waals surface area contributed by atoms with Crippen LogP contribution in [0.4, 0.5) is 0 Å². The van der Waals surface area contributed by atoms with E-state index in [1.807, 2.05) is 37.3 Å². The minimum atomic E-state index is -0.608. The summed E-state index contributed by atoms with van der Waals surface area (Å²) in [5.74, 6) is 0.422. The summed E-state index contributed by atoms with van der Waals surface area (Å²) in [5, 5.41) is 7.01. The van der Waals surface area contributed by atoms with Crippen molar-refractivity contribution in [3.05, 3.63) is 76.8 Å². The molecule has 1 heterocycles. The number of esters is 1. The Morgan fingerprint density at radius 1 is 1.19 bits per heavy atom. The average Bonchev–Trinajstić information content (AvgIpc) is 2.78. The van der Waals surface area contributed by atoms with Gasteiger partial charge < -0.3 is 24.8 Å². The van der Waals surface area contributed by atoms with Crippen molar-refractivity contribution in [3.8, 4) is 11.5 Å². The van der Waals surface area contributed by atoms with Crippen LogP contribution in [-0.2, 0) is 9.53 Å². The van der Waals surface area contributed by atoms with Gasteiger partial charge in [0.15, 0.2) is 16.6 Å². The Balaban J connectivity index is 2.18. The van der Waals surface area contributed by atoms with Gasteiger partial charge in [0.2, 0.25) is 0 Å². The van der Waals surface area contributed by atoms with Crippen molar-refractivity contribution in [3.63, 3.8) is 0 Å². The first-order valence-electron chi connectivity index (χ1n) is 10.2. The predicted octanol–water partition coefficient (Wildman–Crippen LogP) is 4.80. The molecule has 2 aromatic rings. The first-order chi connectivity index (χ1) is 15.5. The SMILES string of the molecule is C=CCOc1c(Cl)cc(C2NC(=S)NC(c3ccccc3)=C2C(=O)OCC)cc1OCC. The number of benzene rings is 2. The highest BCUT2D eigenvalue weighted by atomic mass is 35.5. The van der Waals surface area contributed by atoms with Gasteiger partial charge in [-0.1, -0.05) is 54.6 Å². The van der Waals surface area contributed by atoms with E-state index in [9.17, 15) is 4.79 Å². The van der Waals surface area contributed by atoms with Gasteiger partial charge in [0.25, 0.3) is 0 Å². The quantitative estimate of drug-likeness (QED) is 0.308. The first kappa shape index (κ1) is 23.6. The summed E-state index contributed by atoms with van der Waals surface area (Å²) in [6, 6.07) is 12.4. The number of nitrogens with one attached hydrogen (secondary N) is 2. The van der Waals surface area contributed by atoms with Crippen molar-refractivity contribution in [2.75, 3.05) is 19.8 Å². The van der Waals surface area contributed by atoms with E-state index < -0.39 is 12.0 Å². The van der Waals surface area contributed by atoms with Crippen LogP contribution >= 0.6 is 23.8 Å². The standard InChI is InChI=1S/C24H25ClN2O4S/c1-4-12-31-22-17(25)13-16(14-18(22)29-5-2)21-19(23(28)30-6-3)20(26-24(32)27-21)15-10-8-7-9-11-15/h4,7-11,13-14,21H,1,5-6,12H2,2-3H3,(H2,26,27,32). The normalized spacial score (nSPS) is 15.5. The molecule has 32 heavy (non-hydrogen) atoms. The van der Waals surface area contributed by atoms with Crippen LogP contribution in [-0.4, -0.2) is 30.9 Å². The molecule has 2 N–H and O–H groups in total. The molecule has 2 aromatic carbocycles. The molecule has 1 aliphatic rings. The van der Waals surface area contributed by atoms with Crippen molar-refractivity contribution in [1.82, 2.24) is 10.6 Å². The molecule has 8 heteroatoms. The molecule has 0 saturated heterocycles. The summed E-state index contributed by atoms with van der Waals surface area (Å²) < 4.78 is 16.9. The van der Waals surface area contributed by atoms with Gasteiger partial charge in [-0.2, -0.15) is 0 Å². The second-order valence-electron chi connectivity index (χ2n) is 6.77. The van der Waals surface area contributed by atoms with Gasteiger partial charge in [0.05, 0.1) is 35.5 Å². The molecule has 0 aromatic heterocycles. The van der Waals surface area contributed by atoms with Crippen LogP contribution in [0.2, 0.25) is 5.02 Å². The Morgan fingerprint density at radius 3 is 2.59 bits per heavy atom. The zero-order valence-corrected chi connectivity index (χ0v) is 19.5. The van der Waals surface area contributed by atoms with Crippen LogP contribution in [0.25, 0.3) is 5.70 Å². The zero-order chi connectivity index (χ0) is 23.1. The molecule has 0 bridgehead atoms. The van der Waals surface area contributed by atoms with Crippen LogP contribution < -0.4 is 20.1 Å². The Bertz CT molecular complexity index is 1040. The third-order valence-electron chi connectivity index (χ3n) is 4.64. The van der Waals surface area contributed by atoms with E-state index >= 15 is 0 Å². The van der Waals surface area contributed by atoms with Crippen LogP contribution in [0.3, 0.4) is 0 Å². The number of hydrogen-bond donors (Lipinski definition) is 2. The highest BCUT2D eigenvalue weighted by Gasteiger charge is 2.34. The second-order valence-corrected chi connectivity index (χ2v) is 7.58. The molecular formula is C24H25ClN2O4S. The highest BCUT2D eigenvalue weighted by Crippen LogP contribution is 2.41. The lowest BCUT2D eigenvalue weighted by atomic mass is 9.92. The molecule has 0 spiro atoms. The minimum Gasteiger partial charge on any atom is -0.490 e. The molecule has 1 aliphatic heterocycles. The van der Waals surface area contributed by atoms with Gasteiger partial charge in [-0.15, -0.1) is 0 Å². The molecule has 0 amide bonds. The van der Waals surface area contributed by atoms with Crippen molar-refractivity contribution in [2.45, 2.75) is 19.9 Å². The highest BCUT2D eigenvalue weighted by molar-refractivity contribution is 7.80. The van der Waals surface area contributed by atoms with Gasteiger partial charge in [-0.3, -0.25) is 0 Å². The third kappa shape index (κ3) is 5.23. The van der Waals surface area contributed by atoms with Crippen LogP contribution in [0.5, 0.6) is 11.5 Å². The van der Waals surface area contributed by atoms with Crippen molar-refractivity contribution in [1.29, 1.82) is 0 Å². The maximum Gasteiger partial charge on any atom is 0.338 e. The van der Waals surface area contributed by atoms with Crippen molar-refractivity contribution < 1.29 is 19.0 Å². The molecular weight excluding hydrogens is 448 g/mol. The number of ether oxygens (including phenoxy) is 3. The molecule has 1 unspecified atom stereocenters. The van der Waals surface area contributed by atoms with E-state index in [0.717, 1.165) is 5.56 Å². The van der Waals surface area contributed by atoms with Gasteiger partial charge in [0.1, 0.15) is 6.61 Å². The molecule has 1 atom stereocenters. The smallest absolute Gasteiger partial charge is 0.338 e. The lowest BCUT2D eigenvalue weighted by molar-refractivity contribution is -0.138. The van der Waals surface area contributed by atoms with Crippen molar-refractivity contribution >= 4 is 40.6 Å². The number of thiocarbonyl (C=S) groups is 1. The minimum absolute atomic E-state index is 0.237. The van der Waals surface area contributed by atoms with E-state index in [-0.39, 0.29) is 13.2 Å². The Hall–Kier alpha value is -3.03. The lowest BCUT2D eigenvalue weighted by Gasteiger charge is -2.31. The van der Waals surface area contributed by atoms with E-state index in [2.05, 4.69) is 17.2 Å². The van der Waals surface area contributed by atoms with E-state index in [4.69, 9.17) is 38.0 Å². The van der Waals surface area contributed by atoms with Crippen LogP contribution in [0, 0.1) is 0 Å². The topological polar surface area (TPSA) is 68.8 Å². The number of hydrogen-bond acceptors (Lipinski definition) is 5.